The lowest BCUT2D eigenvalue weighted by Gasteiger charge is -2.10. The Balaban J connectivity index is 2.19. The number of nitrogens with zero attached hydrogens (tertiary/aromatic N) is 2. The van der Waals surface area contributed by atoms with Gasteiger partial charge in [-0.25, -0.2) is 18.5 Å². The Bertz CT molecular complexity index is 1110. The van der Waals surface area contributed by atoms with Crippen LogP contribution in [0.1, 0.15) is 11.3 Å². The van der Waals surface area contributed by atoms with E-state index in [0.29, 0.717) is 10.7 Å². The molecule has 0 saturated carbocycles. The quantitative estimate of drug-likeness (QED) is 0.697. The van der Waals surface area contributed by atoms with Crippen molar-refractivity contribution in [2.75, 3.05) is 0 Å². The van der Waals surface area contributed by atoms with Crippen LogP contribution in [0.4, 0.5) is 13.2 Å². The highest BCUT2D eigenvalue weighted by molar-refractivity contribution is 7.89. The highest BCUT2D eigenvalue weighted by Crippen LogP contribution is 2.33. The number of hydrogen-bond acceptors (Lipinski definition) is 3. The Morgan fingerprint density at radius 3 is 2.26 bits per heavy atom. The maximum Gasteiger partial charge on any atom is 0.434 e. The first-order valence-corrected chi connectivity index (χ1v) is 9.45. The van der Waals surface area contributed by atoms with Crippen molar-refractivity contribution in [1.82, 2.24) is 9.55 Å². The number of alkyl halides is 3. The monoisotopic (exact) mass is 415 g/mol. The van der Waals surface area contributed by atoms with Crippen LogP contribution in [0.15, 0.2) is 53.6 Å². The predicted molar refractivity (Wildman–Crippen MR) is 95.1 cm³/mol. The molecule has 0 atom stereocenters. The fourth-order valence-electron chi connectivity index (χ4n) is 2.44. The Morgan fingerprint density at radius 2 is 1.74 bits per heavy atom. The maximum absolute atomic E-state index is 13.2. The van der Waals surface area contributed by atoms with Gasteiger partial charge in [0.05, 0.1) is 4.90 Å². The second-order valence-corrected chi connectivity index (χ2v) is 7.79. The second-order valence-electron chi connectivity index (χ2n) is 5.82. The summed E-state index contributed by atoms with van der Waals surface area (Å²) >= 11 is 6.09. The molecule has 0 unspecified atom stereocenters. The zero-order chi connectivity index (χ0) is 20.0. The van der Waals surface area contributed by atoms with Gasteiger partial charge in [0, 0.05) is 22.5 Å². The molecule has 0 radical (unpaired) electrons. The van der Waals surface area contributed by atoms with Crippen LogP contribution >= 0.6 is 11.6 Å². The van der Waals surface area contributed by atoms with Gasteiger partial charge in [-0.05, 0) is 48.9 Å². The van der Waals surface area contributed by atoms with Crippen molar-refractivity contribution in [3.63, 3.8) is 0 Å². The molecule has 3 rings (SSSR count). The predicted octanol–water partition coefficient (Wildman–Crippen LogP) is 4.17. The highest BCUT2D eigenvalue weighted by atomic mass is 35.5. The van der Waals surface area contributed by atoms with Crippen LogP contribution < -0.4 is 5.14 Å². The Hall–Kier alpha value is -2.36. The Labute approximate surface area is 158 Å². The molecule has 1 aromatic heterocycles. The molecule has 2 aromatic carbocycles. The molecule has 1 heterocycles. The van der Waals surface area contributed by atoms with Crippen molar-refractivity contribution in [3.05, 3.63) is 64.9 Å². The first-order chi connectivity index (χ1) is 12.5. The van der Waals surface area contributed by atoms with Crippen molar-refractivity contribution < 1.29 is 21.6 Å². The molecule has 0 aliphatic carbocycles. The number of aromatic nitrogens is 2. The van der Waals surface area contributed by atoms with Gasteiger partial charge in [0.25, 0.3) is 0 Å². The topological polar surface area (TPSA) is 78.0 Å². The minimum atomic E-state index is -4.64. The van der Waals surface area contributed by atoms with Gasteiger partial charge in [0.15, 0.2) is 5.69 Å². The number of rotatable bonds is 3. The normalized spacial score (nSPS) is 12.4. The third-order valence-corrected chi connectivity index (χ3v) is 5.21. The summed E-state index contributed by atoms with van der Waals surface area (Å²) in [5.74, 6) is -0.0109. The minimum Gasteiger partial charge on any atom is -0.299 e. The standard InChI is InChI=1S/C17H13ClF3N3O2S/c1-10-2-5-12(8-14(10)18)24-9-15(17(19,20)21)23-16(24)11-3-6-13(7-4-11)27(22,25)26/h2-9H,1H3,(H2,22,25,26). The summed E-state index contributed by atoms with van der Waals surface area (Å²) < 4.78 is 63.5. The van der Waals surface area contributed by atoms with Gasteiger partial charge in [-0.1, -0.05) is 17.7 Å². The van der Waals surface area contributed by atoms with E-state index in [-0.39, 0.29) is 16.3 Å². The van der Waals surface area contributed by atoms with Crippen molar-refractivity contribution >= 4 is 21.6 Å². The van der Waals surface area contributed by atoms with Crippen molar-refractivity contribution in [3.8, 4) is 17.1 Å². The molecule has 10 heteroatoms. The van der Waals surface area contributed by atoms with Crippen LogP contribution in [-0.2, 0) is 16.2 Å². The average Bonchev–Trinajstić information content (AvgIpc) is 3.02. The van der Waals surface area contributed by atoms with Gasteiger partial charge in [0.2, 0.25) is 10.0 Å². The summed E-state index contributed by atoms with van der Waals surface area (Å²) in [6, 6.07) is 9.92. The molecule has 142 valence electrons. The molecule has 0 amide bonds. The van der Waals surface area contributed by atoms with E-state index in [2.05, 4.69) is 4.98 Å². The Kier molecular flexibility index (Phi) is 4.79. The van der Waals surface area contributed by atoms with Crippen LogP contribution in [0.25, 0.3) is 17.1 Å². The van der Waals surface area contributed by atoms with Crippen LogP contribution in [0, 0.1) is 6.92 Å². The fraction of sp³-hybridized carbons (Fsp3) is 0.118. The fourth-order valence-corrected chi connectivity index (χ4v) is 3.13. The number of imidazole rings is 1. The van der Waals surface area contributed by atoms with Gasteiger partial charge in [-0.15, -0.1) is 0 Å². The molecule has 0 aliphatic heterocycles. The summed E-state index contributed by atoms with van der Waals surface area (Å²) in [6.07, 6.45) is -3.78. The van der Waals surface area contributed by atoms with Crippen LogP contribution in [0.5, 0.6) is 0 Å². The van der Waals surface area contributed by atoms with E-state index in [0.717, 1.165) is 11.8 Å². The van der Waals surface area contributed by atoms with Gasteiger partial charge in [-0.3, -0.25) is 4.57 Å². The SMILES string of the molecule is Cc1ccc(-n2cc(C(F)(F)F)nc2-c2ccc(S(N)(=O)=O)cc2)cc1Cl. The lowest BCUT2D eigenvalue weighted by molar-refractivity contribution is -0.140. The van der Waals surface area contributed by atoms with Crippen LogP contribution in [-0.4, -0.2) is 18.0 Å². The lowest BCUT2D eigenvalue weighted by atomic mass is 10.2. The van der Waals surface area contributed by atoms with Crippen molar-refractivity contribution in [2.24, 2.45) is 5.14 Å². The van der Waals surface area contributed by atoms with E-state index in [1.165, 1.54) is 34.9 Å². The summed E-state index contributed by atoms with van der Waals surface area (Å²) in [7, 11) is -3.92. The van der Waals surface area contributed by atoms with E-state index in [9.17, 15) is 21.6 Å². The molecule has 0 aliphatic rings. The maximum atomic E-state index is 13.2. The number of benzene rings is 2. The molecular formula is C17H13ClF3N3O2S. The van der Waals surface area contributed by atoms with Gasteiger partial charge in [-0.2, -0.15) is 13.2 Å². The van der Waals surface area contributed by atoms with Gasteiger partial charge >= 0.3 is 6.18 Å². The first-order valence-electron chi connectivity index (χ1n) is 7.53. The van der Waals surface area contributed by atoms with Crippen molar-refractivity contribution in [2.45, 2.75) is 18.0 Å². The molecule has 0 spiro atoms. The third kappa shape index (κ3) is 4.00. The number of primary sulfonamides is 1. The van der Waals surface area contributed by atoms with Crippen LogP contribution in [0.3, 0.4) is 0 Å². The molecule has 0 bridgehead atoms. The zero-order valence-corrected chi connectivity index (χ0v) is 15.4. The van der Waals surface area contributed by atoms with E-state index < -0.39 is 21.9 Å². The molecule has 5 nitrogen and oxygen atoms in total. The summed E-state index contributed by atoms with van der Waals surface area (Å²) in [5, 5.41) is 5.44. The molecule has 3 aromatic rings. The van der Waals surface area contributed by atoms with E-state index in [4.69, 9.17) is 16.7 Å². The molecule has 2 N–H and O–H groups in total. The first kappa shape index (κ1) is 19.4. The van der Waals surface area contributed by atoms with E-state index >= 15 is 0 Å². The van der Waals surface area contributed by atoms with Crippen LogP contribution in [0.2, 0.25) is 5.02 Å². The van der Waals surface area contributed by atoms with E-state index in [1.54, 1.807) is 19.1 Å². The smallest absolute Gasteiger partial charge is 0.299 e. The number of halogens is 4. The number of nitrogens with two attached hydrogens (primary N) is 1. The molecule has 0 saturated heterocycles. The largest absolute Gasteiger partial charge is 0.434 e. The van der Waals surface area contributed by atoms with Crippen molar-refractivity contribution in [1.29, 1.82) is 0 Å². The average molecular weight is 416 g/mol. The summed E-state index contributed by atoms with van der Waals surface area (Å²) in [6.45, 7) is 1.77. The second kappa shape index (κ2) is 6.66. The summed E-state index contributed by atoms with van der Waals surface area (Å²) in [4.78, 5) is 3.53. The zero-order valence-electron chi connectivity index (χ0n) is 13.8. The number of hydrogen-bond donors (Lipinski definition) is 1. The van der Waals surface area contributed by atoms with E-state index in [1.807, 2.05) is 0 Å². The third-order valence-electron chi connectivity index (χ3n) is 3.87. The minimum absolute atomic E-state index is 0.0109. The van der Waals surface area contributed by atoms with Gasteiger partial charge < -0.3 is 0 Å². The number of sulfonamides is 1. The lowest BCUT2D eigenvalue weighted by Crippen LogP contribution is -2.11. The summed E-state index contributed by atoms with van der Waals surface area (Å²) in [5.41, 5.74) is 0.370. The number of aryl methyl sites for hydroxylation is 1. The molecule has 27 heavy (non-hydrogen) atoms. The Morgan fingerprint density at radius 1 is 1.11 bits per heavy atom. The highest BCUT2D eigenvalue weighted by Gasteiger charge is 2.35. The molecule has 0 fully saturated rings. The van der Waals surface area contributed by atoms with Gasteiger partial charge in [0.1, 0.15) is 5.82 Å². The molecular weight excluding hydrogens is 403 g/mol.